The molecular weight excluding hydrogens is 426 g/mol. The molecule has 7 nitrogen and oxygen atoms in total. The number of nitrogens with zero attached hydrogens (tertiary/aromatic N) is 2. The van der Waals surface area contributed by atoms with Crippen LogP contribution in [0.25, 0.3) is 11.3 Å². The molecule has 0 aliphatic heterocycles. The molecule has 0 fully saturated rings. The Morgan fingerprint density at radius 1 is 1.04 bits per heavy atom. The van der Waals surface area contributed by atoms with Gasteiger partial charge in [-0.2, -0.15) is 5.10 Å². The van der Waals surface area contributed by atoms with E-state index in [0.717, 1.165) is 14.7 Å². The Balaban J connectivity index is 1.73. The Bertz CT molecular complexity index is 1060. The lowest BCUT2D eigenvalue weighted by atomic mass is 10.1. The van der Waals surface area contributed by atoms with Gasteiger partial charge in [-0.15, -0.1) is 0 Å². The van der Waals surface area contributed by atoms with Crippen LogP contribution in [0.5, 0.6) is 0 Å². The molecule has 3 aromatic rings. The van der Waals surface area contributed by atoms with Crippen molar-refractivity contribution in [2.45, 2.75) is 6.54 Å². The van der Waals surface area contributed by atoms with Crippen LogP contribution in [0.1, 0.15) is 10.4 Å². The number of hydrogen-bond acceptors (Lipinski definition) is 5. The van der Waals surface area contributed by atoms with Crippen molar-refractivity contribution < 1.29 is 14.3 Å². The lowest BCUT2D eigenvalue weighted by Gasteiger charge is -2.09. The molecule has 0 saturated carbocycles. The Kier molecular flexibility index (Phi) is 6.00. The number of nitrogens with one attached hydrogen (secondary N) is 1. The van der Waals surface area contributed by atoms with Crippen LogP contribution in [0.4, 0.5) is 5.69 Å². The SMILES string of the molecule is COC(=O)c1ccc(NC(=O)Cn2nc(-c3ccc(Br)cc3)ccc2=O)cc1. The van der Waals surface area contributed by atoms with E-state index in [0.29, 0.717) is 16.9 Å². The number of aromatic nitrogens is 2. The van der Waals surface area contributed by atoms with E-state index in [1.807, 2.05) is 24.3 Å². The third-order valence-corrected chi connectivity index (χ3v) is 4.42. The van der Waals surface area contributed by atoms with Crippen molar-refractivity contribution in [1.29, 1.82) is 0 Å². The van der Waals surface area contributed by atoms with E-state index in [4.69, 9.17) is 0 Å². The van der Waals surface area contributed by atoms with Crippen LogP contribution in [-0.2, 0) is 16.1 Å². The first-order valence-electron chi connectivity index (χ1n) is 8.28. The number of amides is 1. The first-order chi connectivity index (χ1) is 13.5. The molecule has 2 aromatic carbocycles. The molecular formula is C20H16BrN3O4. The van der Waals surface area contributed by atoms with Crippen LogP contribution in [0.15, 0.2) is 69.9 Å². The second-order valence-corrected chi connectivity index (χ2v) is 6.75. The molecule has 0 aliphatic carbocycles. The average molecular weight is 442 g/mol. The van der Waals surface area contributed by atoms with E-state index in [1.165, 1.54) is 13.2 Å². The van der Waals surface area contributed by atoms with Gasteiger partial charge in [0, 0.05) is 21.8 Å². The number of halogens is 1. The van der Waals surface area contributed by atoms with Gasteiger partial charge in [0.15, 0.2) is 0 Å². The molecule has 0 unspecified atom stereocenters. The van der Waals surface area contributed by atoms with Gasteiger partial charge >= 0.3 is 5.97 Å². The van der Waals surface area contributed by atoms with Crippen molar-refractivity contribution in [1.82, 2.24) is 9.78 Å². The van der Waals surface area contributed by atoms with Gasteiger partial charge in [0.05, 0.1) is 18.4 Å². The molecule has 28 heavy (non-hydrogen) atoms. The maximum Gasteiger partial charge on any atom is 0.337 e. The molecule has 1 heterocycles. The van der Waals surface area contributed by atoms with Crippen LogP contribution in [0.2, 0.25) is 0 Å². The second kappa shape index (κ2) is 8.62. The smallest absolute Gasteiger partial charge is 0.337 e. The third kappa shape index (κ3) is 4.72. The second-order valence-electron chi connectivity index (χ2n) is 5.84. The number of methoxy groups -OCH3 is 1. The first kappa shape index (κ1) is 19.5. The molecule has 1 N–H and O–H groups in total. The quantitative estimate of drug-likeness (QED) is 0.614. The van der Waals surface area contributed by atoms with Crippen molar-refractivity contribution in [3.63, 3.8) is 0 Å². The Morgan fingerprint density at radius 3 is 2.36 bits per heavy atom. The minimum absolute atomic E-state index is 0.234. The Morgan fingerprint density at radius 2 is 1.71 bits per heavy atom. The minimum Gasteiger partial charge on any atom is -0.465 e. The molecule has 3 rings (SSSR count). The van der Waals surface area contributed by atoms with Gasteiger partial charge in [-0.1, -0.05) is 28.1 Å². The Hall–Kier alpha value is -3.26. The van der Waals surface area contributed by atoms with Crippen LogP contribution in [0, 0.1) is 0 Å². The molecule has 1 amide bonds. The molecule has 1 aromatic heterocycles. The zero-order chi connectivity index (χ0) is 20.1. The predicted octanol–water partition coefficient (Wildman–Crippen LogP) is 3.10. The van der Waals surface area contributed by atoms with Crippen molar-refractivity contribution in [2.24, 2.45) is 0 Å². The fraction of sp³-hybridized carbons (Fsp3) is 0.100. The number of ether oxygens (including phenoxy) is 1. The highest BCUT2D eigenvalue weighted by molar-refractivity contribution is 9.10. The van der Waals surface area contributed by atoms with Gasteiger partial charge in [-0.05, 0) is 42.5 Å². The fourth-order valence-corrected chi connectivity index (χ4v) is 2.75. The summed E-state index contributed by atoms with van der Waals surface area (Å²) in [7, 11) is 1.30. The van der Waals surface area contributed by atoms with Crippen molar-refractivity contribution in [2.75, 3.05) is 12.4 Å². The van der Waals surface area contributed by atoms with Gasteiger partial charge in [0.2, 0.25) is 5.91 Å². The van der Waals surface area contributed by atoms with E-state index >= 15 is 0 Å². The molecule has 0 atom stereocenters. The van der Waals surface area contributed by atoms with Crippen LogP contribution in [0.3, 0.4) is 0 Å². The number of esters is 1. The molecule has 0 bridgehead atoms. The van der Waals surface area contributed by atoms with Gasteiger partial charge in [-0.25, -0.2) is 9.48 Å². The maximum atomic E-state index is 12.3. The van der Waals surface area contributed by atoms with Crippen LogP contribution >= 0.6 is 15.9 Å². The van der Waals surface area contributed by atoms with E-state index in [1.54, 1.807) is 30.3 Å². The lowest BCUT2D eigenvalue weighted by Crippen LogP contribution is -2.29. The highest BCUT2D eigenvalue weighted by Crippen LogP contribution is 2.18. The standard InChI is InChI=1S/C20H16BrN3O4/c1-28-20(27)14-4-8-16(9-5-14)22-18(25)12-24-19(26)11-10-17(23-24)13-2-6-15(21)7-3-13/h2-11H,12H2,1H3,(H,22,25). The zero-order valence-corrected chi connectivity index (χ0v) is 16.5. The van der Waals surface area contributed by atoms with Crippen LogP contribution < -0.4 is 10.9 Å². The first-order valence-corrected chi connectivity index (χ1v) is 9.08. The van der Waals surface area contributed by atoms with E-state index in [2.05, 4.69) is 31.1 Å². The van der Waals surface area contributed by atoms with Gasteiger partial charge < -0.3 is 10.1 Å². The van der Waals surface area contributed by atoms with E-state index in [-0.39, 0.29) is 12.1 Å². The summed E-state index contributed by atoms with van der Waals surface area (Å²) in [6, 6.07) is 16.7. The highest BCUT2D eigenvalue weighted by Gasteiger charge is 2.10. The monoisotopic (exact) mass is 441 g/mol. The van der Waals surface area contributed by atoms with Crippen molar-refractivity contribution in [3.05, 3.63) is 81.1 Å². The van der Waals surface area contributed by atoms with Gasteiger partial charge in [0.1, 0.15) is 6.54 Å². The highest BCUT2D eigenvalue weighted by atomic mass is 79.9. The summed E-state index contributed by atoms with van der Waals surface area (Å²) in [5.41, 5.74) is 1.91. The van der Waals surface area contributed by atoms with E-state index < -0.39 is 11.9 Å². The van der Waals surface area contributed by atoms with Gasteiger partial charge in [-0.3, -0.25) is 9.59 Å². The molecule has 142 valence electrons. The zero-order valence-electron chi connectivity index (χ0n) is 14.9. The Labute approximate surface area is 169 Å². The fourth-order valence-electron chi connectivity index (χ4n) is 2.48. The summed E-state index contributed by atoms with van der Waals surface area (Å²) >= 11 is 3.37. The third-order valence-electron chi connectivity index (χ3n) is 3.89. The van der Waals surface area contributed by atoms with Crippen molar-refractivity contribution >= 4 is 33.5 Å². The normalized spacial score (nSPS) is 10.4. The predicted molar refractivity (Wildman–Crippen MR) is 108 cm³/mol. The largest absolute Gasteiger partial charge is 0.465 e. The van der Waals surface area contributed by atoms with Crippen LogP contribution in [-0.4, -0.2) is 28.8 Å². The van der Waals surface area contributed by atoms with Crippen molar-refractivity contribution in [3.8, 4) is 11.3 Å². The summed E-state index contributed by atoms with van der Waals surface area (Å²) < 4.78 is 6.67. The number of hydrogen-bond donors (Lipinski definition) is 1. The summed E-state index contributed by atoms with van der Waals surface area (Å²) in [5, 5.41) is 6.94. The number of carbonyl (C=O) groups is 2. The minimum atomic E-state index is -0.460. The number of rotatable bonds is 5. The topological polar surface area (TPSA) is 90.3 Å². The average Bonchev–Trinajstić information content (AvgIpc) is 2.70. The molecule has 0 saturated heterocycles. The summed E-state index contributed by atoms with van der Waals surface area (Å²) in [5.74, 6) is -0.869. The summed E-state index contributed by atoms with van der Waals surface area (Å²) in [6.07, 6.45) is 0. The van der Waals surface area contributed by atoms with E-state index in [9.17, 15) is 14.4 Å². The molecule has 0 radical (unpaired) electrons. The molecule has 0 aliphatic rings. The lowest BCUT2D eigenvalue weighted by molar-refractivity contribution is -0.117. The number of anilines is 1. The summed E-state index contributed by atoms with van der Waals surface area (Å²) in [6.45, 7) is -0.234. The number of carbonyl (C=O) groups excluding carboxylic acids is 2. The molecule has 8 heteroatoms. The molecule has 0 spiro atoms. The number of benzene rings is 2. The maximum absolute atomic E-state index is 12.3. The van der Waals surface area contributed by atoms with Gasteiger partial charge in [0.25, 0.3) is 5.56 Å². The summed E-state index contributed by atoms with van der Waals surface area (Å²) in [4.78, 5) is 35.8.